The van der Waals surface area contributed by atoms with Gasteiger partial charge in [-0.25, -0.2) is 4.39 Å². The van der Waals surface area contributed by atoms with E-state index in [0.29, 0.717) is 31.1 Å². The molecule has 194 valence electrons. The predicted octanol–water partition coefficient (Wildman–Crippen LogP) is 7.85. The highest BCUT2D eigenvalue weighted by Crippen LogP contribution is 2.60. The van der Waals surface area contributed by atoms with Crippen molar-refractivity contribution in [2.24, 2.45) is 0 Å². The Hall–Kier alpha value is -2.17. The van der Waals surface area contributed by atoms with E-state index in [0.717, 1.165) is 62.2 Å². The van der Waals surface area contributed by atoms with Crippen molar-refractivity contribution >= 4 is 28.2 Å². The first kappa shape index (κ1) is 23.9. The van der Waals surface area contributed by atoms with Gasteiger partial charge in [0, 0.05) is 33.9 Å². The molecule has 5 heteroatoms. The number of nitrogens with one attached hydrogen (secondary N) is 2. The second-order valence-corrected chi connectivity index (χ2v) is 12.7. The van der Waals surface area contributed by atoms with Gasteiger partial charge in [-0.2, -0.15) is 0 Å². The molecule has 0 radical (unpaired) electrons. The van der Waals surface area contributed by atoms with Crippen molar-refractivity contribution in [2.45, 2.75) is 93.7 Å². The van der Waals surface area contributed by atoms with Gasteiger partial charge in [0.05, 0.1) is 5.52 Å². The van der Waals surface area contributed by atoms with Crippen LogP contribution in [0.1, 0.15) is 92.0 Å². The number of hydrogen-bond donors (Lipinski definition) is 2. The van der Waals surface area contributed by atoms with Crippen LogP contribution >= 0.6 is 11.6 Å². The largest absolute Gasteiger partial charge is 0.384 e. The monoisotopic (exact) mass is 517 g/mol. The van der Waals surface area contributed by atoms with Gasteiger partial charge in [0.2, 0.25) is 0 Å². The highest BCUT2D eigenvalue weighted by Gasteiger charge is 2.57. The molecule has 0 saturated heterocycles. The molecule has 2 fully saturated rings. The minimum atomic E-state index is -1.01. The minimum absolute atomic E-state index is 0.0489. The molecule has 8 rings (SSSR count). The smallest absolute Gasteiger partial charge is 0.114 e. The van der Waals surface area contributed by atoms with Crippen molar-refractivity contribution < 1.29 is 4.39 Å². The number of benzene rings is 2. The number of hydrogen-bond acceptors (Lipinski definition) is 3. The fraction of sp³-hybridized carbons (Fsp3) is 0.531. The maximum Gasteiger partial charge on any atom is 0.114 e. The topological polar surface area (TPSA) is 37.0 Å². The number of aromatic nitrogens is 1. The van der Waals surface area contributed by atoms with E-state index in [4.69, 9.17) is 16.6 Å². The summed E-state index contributed by atoms with van der Waals surface area (Å²) in [6.45, 7) is 1.89. The maximum atomic E-state index is 16.0. The van der Waals surface area contributed by atoms with Crippen LogP contribution in [0.25, 0.3) is 10.9 Å². The Morgan fingerprint density at radius 1 is 0.919 bits per heavy atom. The van der Waals surface area contributed by atoms with Crippen LogP contribution < -0.4 is 10.6 Å². The zero-order valence-corrected chi connectivity index (χ0v) is 22.3. The van der Waals surface area contributed by atoms with Crippen LogP contribution in [0, 0.1) is 0 Å². The number of fused-ring (bicyclic) bond motifs is 2. The molecule has 2 aromatic carbocycles. The number of nitrogens with zero attached hydrogens (tertiary/aromatic N) is 1. The van der Waals surface area contributed by atoms with Gasteiger partial charge in [-0.1, -0.05) is 35.9 Å². The Kier molecular flexibility index (Phi) is 5.97. The fourth-order valence-electron chi connectivity index (χ4n) is 8.35. The molecule has 2 unspecified atom stereocenters. The van der Waals surface area contributed by atoms with E-state index < -0.39 is 5.67 Å². The second kappa shape index (κ2) is 9.24. The summed E-state index contributed by atoms with van der Waals surface area (Å²) in [5.74, 6) is 0.715. The van der Waals surface area contributed by atoms with Crippen LogP contribution in [0.5, 0.6) is 0 Å². The number of aryl methyl sites for hydroxylation is 1. The van der Waals surface area contributed by atoms with Gasteiger partial charge in [-0.05, 0) is 124 Å². The van der Waals surface area contributed by atoms with Crippen molar-refractivity contribution in [3.05, 3.63) is 69.9 Å². The Labute approximate surface area is 224 Å². The van der Waals surface area contributed by atoms with Gasteiger partial charge in [0.25, 0.3) is 0 Å². The second-order valence-electron chi connectivity index (χ2n) is 12.3. The molecule has 0 amide bonds. The van der Waals surface area contributed by atoms with E-state index in [1.807, 2.05) is 12.1 Å². The Morgan fingerprint density at radius 2 is 1.65 bits per heavy atom. The van der Waals surface area contributed by atoms with Gasteiger partial charge in [0.1, 0.15) is 5.67 Å². The molecular formula is C32H37ClFN3. The summed E-state index contributed by atoms with van der Waals surface area (Å²) < 4.78 is 16.0. The average Bonchev–Trinajstić information content (AvgIpc) is 3.03. The Morgan fingerprint density at radius 3 is 2.43 bits per heavy atom. The molecule has 37 heavy (non-hydrogen) atoms. The molecule has 2 atom stereocenters. The molecule has 1 heterocycles. The molecule has 2 N–H and O–H groups in total. The van der Waals surface area contributed by atoms with E-state index in [2.05, 4.69) is 41.0 Å². The SMILES string of the molecule is FC12CC3CC(NCCCCNc4c5c(nc6cc(Cl)ccc46)CCCC5)(CC(C1)c1ccccc13)C2. The lowest BCUT2D eigenvalue weighted by Crippen LogP contribution is -2.58. The number of alkyl halides is 1. The summed E-state index contributed by atoms with van der Waals surface area (Å²) in [4.78, 5) is 4.95. The van der Waals surface area contributed by atoms with Crippen molar-refractivity contribution in [1.82, 2.24) is 10.3 Å². The highest BCUT2D eigenvalue weighted by atomic mass is 35.5. The summed E-state index contributed by atoms with van der Waals surface area (Å²) in [7, 11) is 0. The summed E-state index contributed by atoms with van der Waals surface area (Å²) in [6, 6.07) is 14.9. The van der Waals surface area contributed by atoms with Gasteiger partial charge in [0.15, 0.2) is 0 Å². The lowest BCUT2D eigenvalue weighted by molar-refractivity contribution is -0.0127. The van der Waals surface area contributed by atoms with Gasteiger partial charge in [-0.3, -0.25) is 4.98 Å². The number of halogens is 2. The third kappa shape index (κ3) is 4.34. The number of unbranched alkanes of at least 4 members (excludes halogenated alkanes) is 1. The van der Waals surface area contributed by atoms with Crippen molar-refractivity contribution in [3.8, 4) is 0 Å². The molecular weight excluding hydrogens is 481 g/mol. The van der Waals surface area contributed by atoms with Crippen molar-refractivity contribution in [2.75, 3.05) is 18.4 Å². The summed E-state index contributed by atoms with van der Waals surface area (Å²) in [6.07, 6.45) is 11.1. The summed E-state index contributed by atoms with van der Waals surface area (Å²) in [5, 5.41) is 9.63. The van der Waals surface area contributed by atoms with E-state index in [9.17, 15) is 0 Å². The molecule has 0 spiro atoms. The molecule has 3 nitrogen and oxygen atoms in total. The fourth-order valence-corrected chi connectivity index (χ4v) is 8.52. The standard InChI is InChI=1S/C32H37ClFN3/c33-23-11-12-27-29(15-23)37-28-10-4-3-9-26(28)30(27)35-13-5-6-14-36-32-18-21-16-31(34,20-32)17-22(19-32)25-8-2-1-7-24(21)25/h1-2,7-8,11-12,15,21-22,36H,3-6,9-10,13-14,16-20H2,(H,35,37). The van der Waals surface area contributed by atoms with Crippen LogP contribution in [0.4, 0.5) is 10.1 Å². The van der Waals surface area contributed by atoms with E-state index in [1.54, 1.807) is 0 Å². The third-order valence-electron chi connectivity index (χ3n) is 9.66. The van der Waals surface area contributed by atoms with Gasteiger partial charge >= 0.3 is 0 Å². The molecule has 4 bridgehead atoms. The predicted molar refractivity (Wildman–Crippen MR) is 151 cm³/mol. The lowest BCUT2D eigenvalue weighted by Gasteiger charge is -2.52. The third-order valence-corrected chi connectivity index (χ3v) is 9.90. The zero-order valence-electron chi connectivity index (χ0n) is 21.6. The van der Waals surface area contributed by atoms with E-state index in [1.165, 1.54) is 46.3 Å². The molecule has 2 saturated carbocycles. The van der Waals surface area contributed by atoms with Gasteiger partial charge < -0.3 is 10.6 Å². The first-order chi connectivity index (χ1) is 18.0. The zero-order chi connectivity index (χ0) is 25.0. The number of rotatable bonds is 7. The van der Waals surface area contributed by atoms with Crippen LogP contribution in [-0.4, -0.2) is 29.3 Å². The maximum absolute atomic E-state index is 16.0. The number of anilines is 1. The lowest BCUT2D eigenvalue weighted by atomic mass is 9.61. The molecule has 0 aliphatic heterocycles. The normalized spacial score (nSPS) is 29.7. The number of pyridine rings is 1. The van der Waals surface area contributed by atoms with Crippen molar-refractivity contribution in [1.29, 1.82) is 0 Å². The quantitative estimate of drug-likeness (QED) is 0.313. The molecule has 1 aromatic heterocycles. The Bertz CT molecular complexity index is 1300. The molecule has 5 aliphatic rings. The molecule has 3 aromatic rings. The van der Waals surface area contributed by atoms with E-state index >= 15 is 4.39 Å². The van der Waals surface area contributed by atoms with Crippen molar-refractivity contribution in [3.63, 3.8) is 0 Å². The van der Waals surface area contributed by atoms with Crippen LogP contribution in [0.3, 0.4) is 0 Å². The van der Waals surface area contributed by atoms with Crippen LogP contribution in [0.15, 0.2) is 42.5 Å². The summed E-state index contributed by atoms with van der Waals surface area (Å²) in [5.41, 5.74) is 6.69. The van der Waals surface area contributed by atoms with Crippen LogP contribution in [-0.2, 0) is 12.8 Å². The highest BCUT2D eigenvalue weighted by molar-refractivity contribution is 6.31. The first-order valence-corrected chi connectivity index (χ1v) is 14.8. The van der Waals surface area contributed by atoms with E-state index in [-0.39, 0.29) is 5.54 Å². The van der Waals surface area contributed by atoms with Crippen LogP contribution in [0.2, 0.25) is 5.02 Å². The first-order valence-electron chi connectivity index (χ1n) is 14.4. The summed E-state index contributed by atoms with van der Waals surface area (Å²) >= 11 is 6.28. The minimum Gasteiger partial charge on any atom is -0.384 e. The Balaban J connectivity index is 1.00. The molecule has 5 aliphatic carbocycles. The van der Waals surface area contributed by atoms with Gasteiger partial charge in [-0.15, -0.1) is 0 Å². The average molecular weight is 518 g/mol.